The van der Waals surface area contributed by atoms with Crippen LogP contribution in [0.2, 0.25) is 0 Å². The summed E-state index contributed by atoms with van der Waals surface area (Å²) >= 11 is 4.62. The highest BCUT2D eigenvalue weighted by Crippen LogP contribution is 2.38. The van der Waals surface area contributed by atoms with Crippen LogP contribution in [0.15, 0.2) is 10.5 Å². The van der Waals surface area contributed by atoms with Gasteiger partial charge in [-0.25, -0.2) is 4.79 Å². The zero-order valence-electron chi connectivity index (χ0n) is 21.6. The molecule has 4 rings (SSSR count). The Morgan fingerprint density at radius 1 is 1.19 bits per heavy atom. The normalized spacial score (nSPS) is 13.8. The number of nitrogens with zero attached hydrogens (tertiary/aromatic N) is 3. The number of rotatable bonds is 8. The minimum atomic E-state index is -0.377. The van der Waals surface area contributed by atoms with Crippen molar-refractivity contribution in [2.75, 3.05) is 18.2 Å². The Labute approximate surface area is 225 Å². The summed E-state index contributed by atoms with van der Waals surface area (Å²) in [5, 5.41) is 15.4. The van der Waals surface area contributed by atoms with Gasteiger partial charge in [0.25, 0.3) is 0 Å². The van der Waals surface area contributed by atoms with Gasteiger partial charge in [0.2, 0.25) is 5.91 Å². The molecule has 0 atom stereocenters. The molecule has 0 bridgehead atoms. The Balaban J connectivity index is 1.53. The van der Waals surface area contributed by atoms with Crippen LogP contribution in [0.1, 0.15) is 83.7 Å². The molecule has 0 radical (unpaired) electrons. The van der Waals surface area contributed by atoms with Crippen molar-refractivity contribution < 1.29 is 14.3 Å². The number of aromatic nitrogens is 3. The van der Waals surface area contributed by atoms with Crippen LogP contribution in [0, 0.1) is 6.92 Å². The first-order valence-electron chi connectivity index (χ1n) is 12.5. The van der Waals surface area contributed by atoms with Crippen LogP contribution < -0.4 is 5.32 Å². The second kappa shape index (κ2) is 11.9. The van der Waals surface area contributed by atoms with Crippen LogP contribution in [0.25, 0.3) is 11.4 Å². The summed E-state index contributed by atoms with van der Waals surface area (Å²) in [7, 11) is 1.39. The molecular formula is C26H34N4O3S3. The third-order valence-corrected chi connectivity index (χ3v) is 9.63. The number of anilines is 1. The molecule has 1 aliphatic carbocycles. The molecule has 10 heteroatoms. The van der Waals surface area contributed by atoms with Gasteiger partial charge in [0.05, 0.1) is 18.4 Å². The number of ether oxygens (including phenoxy) is 1. The zero-order chi connectivity index (χ0) is 25.8. The topological polar surface area (TPSA) is 86.1 Å². The van der Waals surface area contributed by atoms with Crippen LogP contribution >= 0.6 is 34.4 Å². The summed E-state index contributed by atoms with van der Waals surface area (Å²) in [6.07, 6.45) is 7.25. The third-order valence-electron chi connectivity index (χ3n) is 6.53. The molecule has 3 heterocycles. The first-order chi connectivity index (χ1) is 17.3. The second-order valence-corrected chi connectivity index (χ2v) is 12.4. The number of hydrogen-bond donors (Lipinski definition) is 1. The van der Waals surface area contributed by atoms with Crippen molar-refractivity contribution in [3.8, 4) is 11.4 Å². The van der Waals surface area contributed by atoms with E-state index in [1.807, 2.05) is 0 Å². The lowest BCUT2D eigenvalue weighted by molar-refractivity contribution is -0.113. The van der Waals surface area contributed by atoms with Gasteiger partial charge in [-0.1, -0.05) is 31.5 Å². The molecule has 0 unspecified atom stereocenters. The van der Waals surface area contributed by atoms with E-state index in [-0.39, 0.29) is 23.7 Å². The van der Waals surface area contributed by atoms with E-state index < -0.39 is 0 Å². The van der Waals surface area contributed by atoms with Crippen LogP contribution in [-0.4, -0.2) is 39.5 Å². The van der Waals surface area contributed by atoms with E-state index in [0.717, 1.165) is 55.5 Å². The van der Waals surface area contributed by atoms with Crippen molar-refractivity contribution >= 4 is 51.3 Å². The maximum Gasteiger partial charge on any atom is 0.341 e. The molecule has 36 heavy (non-hydrogen) atoms. The number of hydrogen-bond acceptors (Lipinski definition) is 8. The van der Waals surface area contributed by atoms with Gasteiger partial charge >= 0.3 is 5.97 Å². The van der Waals surface area contributed by atoms with Gasteiger partial charge in [0.1, 0.15) is 5.00 Å². The minimum absolute atomic E-state index is 0.147. The third kappa shape index (κ3) is 5.55. The Morgan fingerprint density at radius 3 is 2.64 bits per heavy atom. The largest absolute Gasteiger partial charge is 0.465 e. The molecule has 0 fully saturated rings. The van der Waals surface area contributed by atoms with Crippen molar-refractivity contribution in [2.24, 2.45) is 0 Å². The van der Waals surface area contributed by atoms with Crippen LogP contribution in [0.3, 0.4) is 0 Å². The number of carbonyl (C=O) groups excluding carboxylic acids is 2. The van der Waals surface area contributed by atoms with Gasteiger partial charge in [-0.3, -0.25) is 9.36 Å². The standard InChI is InChI=1S/C26H34N4O3S3/c1-6-17-16(4)34-13-19(17)23-28-29-26(30(23)15(2)3)35-14-21(31)27-24-22(25(32)33-5)18-11-9-7-8-10-12-20(18)36-24/h13,15H,6-12,14H2,1-5H3,(H,27,31). The summed E-state index contributed by atoms with van der Waals surface area (Å²) in [5.41, 5.74) is 4.00. The van der Waals surface area contributed by atoms with E-state index in [1.54, 1.807) is 11.3 Å². The number of carbonyl (C=O) groups is 2. The second-order valence-electron chi connectivity index (χ2n) is 9.26. The maximum absolute atomic E-state index is 13.0. The molecule has 0 saturated heterocycles. The van der Waals surface area contributed by atoms with Gasteiger partial charge in [0.15, 0.2) is 11.0 Å². The lowest BCUT2D eigenvalue weighted by Gasteiger charge is -2.14. The summed E-state index contributed by atoms with van der Waals surface area (Å²) in [6.45, 7) is 8.50. The Bertz CT molecular complexity index is 1240. The van der Waals surface area contributed by atoms with Gasteiger partial charge in [-0.05, 0) is 64.0 Å². The highest BCUT2D eigenvalue weighted by atomic mass is 32.2. The average Bonchev–Trinajstić information content (AvgIpc) is 3.52. The van der Waals surface area contributed by atoms with Gasteiger partial charge < -0.3 is 10.1 Å². The average molecular weight is 547 g/mol. The van der Waals surface area contributed by atoms with E-state index in [0.29, 0.717) is 15.7 Å². The monoisotopic (exact) mass is 546 g/mol. The highest BCUT2D eigenvalue weighted by Gasteiger charge is 2.26. The fraction of sp³-hybridized carbons (Fsp3) is 0.538. The molecule has 0 saturated carbocycles. The SMILES string of the molecule is CCc1c(-c2nnc(SCC(=O)Nc3sc4c(c3C(=O)OC)CCCCCC4)n2C(C)C)csc1C. The fourth-order valence-electron chi connectivity index (χ4n) is 4.75. The summed E-state index contributed by atoms with van der Waals surface area (Å²) in [5.74, 6) is 0.482. The van der Waals surface area contributed by atoms with Crippen LogP contribution in [0.5, 0.6) is 0 Å². The molecule has 3 aromatic heterocycles. The molecule has 0 aromatic carbocycles. The van der Waals surface area contributed by atoms with Gasteiger partial charge in [-0.15, -0.1) is 32.9 Å². The quantitative estimate of drug-likeness (QED) is 0.250. The van der Waals surface area contributed by atoms with E-state index in [9.17, 15) is 9.59 Å². The Kier molecular flexibility index (Phi) is 8.90. The minimum Gasteiger partial charge on any atom is -0.465 e. The van der Waals surface area contributed by atoms with E-state index >= 15 is 0 Å². The number of thiophene rings is 2. The van der Waals surface area contributed by atoms with Crippen molar-refractivity contribution in [3.05, 3.63) is 31.8 Å². The molecule has 3 aromatic rings. The van der Waals surface area contributed by atoms with E-state index in [2.05, 4.69) is 53.2 Å². The summed E-state index contributed by atoms with van der Waals surface area (Å²) in [4.78, 5) is 28.2. The smallest absolute Gasteiger partial charge is 0.341 e. The zero-order valence-corrected chi connectivity index (χ0v) is 24.1. The predicted octanol–water partition coefficient (Wildman–Crippen LogP) is 6.70. The first-order valence-corrected chi connectivity index (χ1v) is 15.2. The Morgan fingerprint density at radius 2 is 1.94 bits per heavy atom. The number of esters is 1. The number of amides is 1. The molecule has 0 aliphatic heterocycles. The molecule has 1 amide bonds. The summed E-state index contributed by atoms with van der Waals surface area (Å²) < 4.78 is 7.19. The van der Waals surface area contributed by atoms with Crippen molar-refractivity contribution in [1.29, 1.82) is 0 Å². The van der Waals surface area contributed by atoms with E-state index in [4.69, 9.17) is 4.74 Å². The maximum atomic E-state index is 13.0. The van der Waals surface area contributed by atoms with E-state index in [1.165, 1.54) is 51.9 Å². The van der Waals surface area contributed by atoms with Crippen LogP contribution in [-0.2, 0) is 28.8 Å². The van der Waals surface area contributed by atoms with Crippen molar-refractivity contribution in [2.45, 2.75) is 83.8 Å². The molecule has 194 valence electrons. The molecular weight excluding hydrogens is 513 g/mol. The molecule has 1 aliphatic rings. The van der Waals surface area contributed by atoms with Crippen molar-refractivity contribution in [1.82, 2.24) is 14.8 Å². The number of methoxy groups -OCH3 is 1. The highest BCUT2D eigenvalue weighted by molar-refractivity contribution is 7.99. The number of aryl methyl sites for hydroxylation is 2. The lowest BCUT2D eigenvalue weighted by atomic mass is 9.96. The van der Waals surface area contributed by atoms with Gasteiger partial charge in [-0.2, -0.15) is 0 Å². The Hall–Kier alpha value is -2.17. The van der Waals surface area contributed by atoms with Crippen LogP contribution in [0.4, 0.5) is 5.00 Å². The first kappa shape index (κ1) is 26.9. The molecule has 7 nitrogen and oxygen atoms in total. The molecule has 1 N–H and O–H groups in total. The number of fused-ring (bicyclic) bond motifs is 1. The summed E-state index contributed by atoms with van der Waals surface area (Å²) in [6, 6.07) is 0.147. The fourth-order valence-corrected chi connectivity index (χ4v) is 7.85. The van der Waals surface area contributed by atoms with Gasteiger partial charge in [0, 0.05) is 26.7 Å². The lowest BCUT2D eigenvalue weighted by Crippen LogP contribution is -2.17. The predicted molar refractivity (Wildman–Crippen MR) is 149 cm³/mol. The number of thioether (sulfide) groups is 1. The van der Waals surface area contributed by atoms with Crippen molar-refractivity contribution in [3.63, 3.8) is 0 Å². The number of nitrogens with one attached hydrogen (secondary N) is 1. The molecule has 0 spiro atoms.